The van der Waals surface area contributed by atoms with Crippen molar-refractivity contribution in [3.63, 3.8) is 0 Å². The van der Waals surface area contributed by atoms with Crippen molar-refractivity contribution < 1.29 is 4.74 Å². The van der Waals surface area contributed by atoms with Crippen molar-refractivity contribution in [2.75, 3.05) is 7.11 Å². The van der Waals surface area contributed by atoms with Gasteiger partial charge < -0.3 is 4.74 Å². The molecule has 0 saturated heterocycles. The lowest BCUT2D eigenvalue weighted by molar-refractivity contribution is 0.408. The zero-order valence-electron chi connectivity index (χ0n) is 17.8. The Kier molecular flexibility index (Phi) is 7.44. The van der Waals surface area contributed by atoms with Crippen molar-refractivity contribution in [1.82, 2.24) is 0 Å². The largest absolute Gasteiger partial charge is 0.496 e. The molecule has 0 amide bonds. The molecule has 0 radical (unpaired) electrons. The number of hydrogen-bond acceptors (Lipinski definition) is 1. The molecule has 0 N–H and O–H groups in total. The van der Waals surface area contributed by atoms with Gasteiger partial charge in [0.1, 0.15) is 5.75 Å². The van der Waals surface area contributed by atoms with Crippen molar-refractivity contribution in [2.24, 2.45) is 0 Å². The second-order valence-electron chi connectivity index (χ2n) is 7.47. The maximum absolute atomic E-state index is 5.76. The summed E-state index contributed by atoms with van der Waals surface area (Å²) in [6, 6.07) is 6.40. The third-order valence-corrected chi connectivity index (χ3v) is 4.78. The summed E-state index contributed by atoms with van der Waals surface area (Å²) in [4.78, 5) is 0. The van der Waals surface area contributed by atoms with Gasteiger partial charge in [0.25, 0.3) is 0 Å². The van der Waals surface area contributed by atoms with E-state index in [0.29, 0.717) is 0 Å². The molecule has 1 atom stereocenters. The molecule has 1 nitrogen and oxygen atoms in total. The summed E-state index contributed by atoms with van der Waals surface area (Å²) in [5.74, 6) is 0.908. The average Bonchev–Trinajstić information content (AvgIpc) is 2.52. The van der Waals surface area contributed by atoms with E-state index in [1.54, 1.807) is 7.11 Å². The van der Waals surface area contributed by atoms with Crippen molar-refractivity contribution in [2.45, 2.75) is 54.4 Å². The first-order valence-corrected chi connectivity index (χ1v) is 9.03. The van der Waals surface area contributed by atoms with E-state index in [4.69, 9.17) is 4.74 Å². The first-order valence-electron chi connectivity index (χ1n) is 9.03. The third-order valence-electron chi connectivity index (χ3n) is 4.78. The van der Waals surface area contributed by atoms with E-state index >= 15 is 0 Å². The van der Waals surface area contributed by atoms with Crippen LogP contribution in [0.1, 0.15) is 58.6 Å². The first kappa shape index (κ1) is 21.8. The summed E-state index contributed by atoms with van der Waals surface area (Å²) in [7, 11) is 1.73. The fourth-order valence-corrected chi connectivity index (χ4v) is 3.49. The van der Waals surface area contributed by atoms with Crippen LogP contribution in [0.4, 0.5) is 0 Å². The Balaban J connectivity index is 4.01. The maximum Gasteiger partial charge on any atom is 0.123 e. The molecule has 0 aliphatic carbocycles. The lowest BCUT2D eigenvalue weighted by atomic mass is 9.75. The van der Waals surface area contributed by atoms with E-state index in [1.165, 1.54) is 27.9 Å². The predicted octanol–water partition coefficient (Wildman–Crippen LogP) is 7.47. The minimum atomic E-state index is 0.0160. The number of rotatable bonds is 7. The molecule has 1 rings (SSSR count). The minimum absolute atomic E-state index is 0.0160. The molecule has 1 unspecified atom stereocenters. The van der Waals surface area contributed by atoms with Gasteiger partial charge in [0.15, 0.2) is 0 Å². The van der Waals surface area contributed by atoms with E-state index in [-0.39, 0.29) is 5.92 Å². The standard InChI is InChI=1S/C25H34O/c1-15(2)20(10)24(18(7)8)25(23(16(3)4)17(5)6)21-13-12-19(9)14-22(21)26-11/h12-14,25H,1,3,7H2,2,4-6,8-11H3/b24-20+. The molecule has 0 aliphatic rings. The minimum Gasteiger partial charge on any atom is -0.496 e. The van der Waals surface area contributed by atoms with Gasteiger partial charge >= 0.3 is 0 Å². The average molecular weight is 351 g/mol. The highest BCUT2D eigenvalue weighted by atomic mass is 16.5. The number of aryl methyl sites for hydroxylation is 1. The normalized spacial score (nSPS) is 12.8. The van der Waals surface area contributed by atoms with Crippen LogP contribution >= 0.6 is 0 Å². The fourth-order valence-electron chi connectivity index (χ4n) is 3.49. The summed E-state index contributed by atoms with van der Waals surface area (Å²) in [5, 5.41) is 0. The first-order chi connectivity index (χ1) is 12.0. The van der Waals surface area contributed by atoms with Gasteiger partial charge in [-0.3, -0.25) is 0 Å². The molecule has 1 heteroatoms. The van der Waals surface area contributed by atoms with Crippen LogP contribution in [0.5, 0.6) is 5.75 Å². The van der Waals surface area contributed by atoms with Crippen LogP contribution in [0.2, 0.25) is 0 Å². The van der Waals surface area contributed by atoms with E-state index in [9.17, 15) is 0 Å². The van der Waals surface area contributed by atoms with Crippen LogP contribution in [0.15, 0.2) is 76.9 Å². The summed E-state index contributed by atoms with van der Waals surface area (Å²) >= 11 is 0. The molecular formula is C25H34O. The van der Waals surface area contributed by atoms with Gasteiger partial charge in [0.2, 0.25) is 0 Å². The number of ether oxygens (including phenoxy) is 1. The fraction of sp³-hybridized carbons (Fsp3) is 0.360. The highest BCUT2D eigenvalue weighted by Gasteiger charge is 2.28. The van der Waals surface area contributed by atoms with Gasteiger partial charge in [-0.2, -0.15) is 0 Å². The van der Waals surface area contributed by atoms with Crippen LogP contribution in [-0.2, 0) is 0 Å². The van der Waals surface area contributed by atoms with Gasteiger partial charge in [-0.1, -0.05) is 54.2 Å². The van der Waals surface area contributed by atoms with Gasteiger partial charge in [-0.25, -0.2) is 0 Å². The van der Waals surface area contributed by atoms with E-state index in [1.807, 2.05) is 6.92 Å². The highest BCUT2D eigenvalue weighted by molar-refractivity contribution is 5.59. The maximum atomic E-state index is 5.76. The summed E-state index contributed by atoms with van der Waals surface area (Å²) in [5.41, 5.74) is 10.3. The van der Waals surface area contributed by atoms with Gasteiger partial charge in [0.05, 0.1) is 7.11 Å². The Bertz CT molecular complexity index is 795. The van der Waals surface area contributed by atoms with Crippen molar-refractivity contribution >= 4 is 0 Å². The molecule has 0 saturated carbocycles. The Hall–Kier alpha value is -2.28. The monoisotopic (exact) mass is 350 g/mol. The van der Waals surface area contributed by atoms with E-state index < -0.39 is 0 Å². The van der Waals surface area contributed by atoms with Crippen LogP contribution in [0.25, 0.3) is 0 Å². The number of methoxy groups -OCH3 is 1. The molecule has 0 aliphatic heterocycles. The number of hydrogen-bond donors (Lipinski definition) is 0. The van der Waals surface area contributed by atoms with Gasteiger partial charge in [0, 0.05) is 11.5 Å². The summed E-state index contributed by atoms with van der Waals surface area (Å²) < 4.78 is 5.76. The van der Waals surface area contributed by atoms with E-state index in [2.05, 4.69) is 79.5 Å². The Labute approximate surface area is 160 Å². The molecule has 0 spiro atoms. The predicted molar refractivity (Wildman–Crippen MR) is 116 cm³/mol. The van der Waals surface area contributed by atoms with Crippen molar-refractivity contribution in [1.29, 1.82) is 0 Å². The molecule has 0 bridgehead atoms. The third kappa shape index (κ3) is 4.66. The Morgan fingerprint density at radius 2 is 1.38 bits per heavy atom. The van der Waals surface area contributed by atoms with Crippen LogP contribution in [0.3, 0.4) is 0 Å². The second-order valence-corrected chi connectivity index (χ2v) is 7.47. The van der Waals surface area contributed by atoms with E-state index in [0.717, 1.165) is 28.0 Å². The van der Waals surface area contributed by atoms with Crippen LogP contribution in [0, 0.1) is 6.92 Å². The number of benzene rings is 1. The second kappa shape index (κ2) is 8.89. The van der Waals surface area contributed by atoms with Crippen LogP contribution in [-0.4, -0.2) is 7.11 Å². The Morgan fingerprint density at radius 3 is 1.77 bits per heavy atom. The zero-order valence-corrected chi connectivity index (χ0v) is 17.8. The van der Waals surface area contributed by atoms with Crippen LogP contribution < -0.4 is 4.74 Å². The molecular weight excluding hydrogens is 316 g/mol. The zero-order chi connectivity index (χ0) is 20.2. The Morgan fingerprint density at radius 1 is 0.846 bits per heavy atom. The molecule has 26 heavy (non-hydrogen) atoms. The summed E-state index contributed by atoms with van der Waals surface area (Å²) in [6.45, 7) is 27.4. The molecule has 0 heterocycles. The van der Waals surface area contributed by atoms with Gasteiger partial charge in [-0.05, 0) is 76.8 Å². The molecule has 1 aromatic rings. The van der Waals surface area contributed by atoms with Gasteiger partial charge in [-0.15, -0.1) is 0 Å². The lowest BCUT2D eigenvalue weighted by Gasteiger charge is -2.30. The molecule has 140 valence electrons. The molecule has 0 fully saturated rings. The van der Waals surface area contributed by atoms with Crippen molar-refractivity contribution in [3.8, 4) is 5.75 Å². The summed E-state index contributed by atoms with van der Waals surface area (Å²) in [6.07, 6.45) is 0. The quantitative estimate of drug-likeness (QED) is 0.463. The molecule has 1 aromatic carbocycles. The van der Waals surface area contributed by atoms with Crippen molar-refractivity contribution in [3.05, 3.63) is 88.1 Å². The highest BCUT2D eigenvalue weighted by Crippen LogP contribution is 2.45. The SMILES string of the molecule is C=C(C)C(=C(C)C)C(/C(C(=C)C)=C(\C)C(=C)C)c1ccc(C)cc1OC. The number of allylic oxidation sites excluding steroid dienone is 7. The smallest absolute Gasteiger partial charge is 0.123 e. The lowest BCUT2D eigenvalue weighted by Crippen LogP contribution is -2.13. The topological polar surface area (TPSA) is 9.23 Å². The molecule has 0 aromatic heterocycles.